The Kier molecular flexibility index (Phi) is 2.56. The quantitative estimate of drug-likeness (QED) is 0.773. The summed E-state index contributed by atoms with van der Waals surface area (Å²) in [6.07, 6.45) is 0. The molecule has 2 rings (SSSR count). The number of rotatable bonds is 2. The highest BCUT2D eigenvalue weighted by molar-refractivity contribution is 5.83. The molecule has 0 N–H and O–H groups in total. The van der Waals surface area contributed by atoms with Gasteiger partial charge in [-0.15, -0.1) is 0 Å². The van der Waals surface area contributed by atoms with Crippen LogP contribution in [0.25, 0.3) is 11.0 Å². The molecule has 0 spiro atoms. The van der Waals surface area contributed by atoms with Gasteiger partial charge in [-0.1, -0.05) is 6.07 Å². The Balaban J connectivity index is 2.83. The number of anilines is 1. The van der Waals surface area contributed by atoms with Crippen LogP contribution in [0.15, 0.2) is 33.5 Å². The van der Waals surface area contributed by atoms with Gasteiger partial charge in [0.2, 0.25) is 0 Å². The highest BCUT2D eigenvalue weighted by atomic mass is 16.5. The van der Waals surface area contributed by atoms with Gasteiger partial charge in [0.25, 0.3) is 0 Å². The van der Waals surface area contributed by atoms with E-state index in [1.807, 2.05) is 14.1 Å². The fraction of sp³-hybridized carbons (Fsp3) is 0.250. The summed E-state index contributed by atoms with van der Waals surface area (Å²) in [5.74, 6) is 1.08. The van der Waals surface area contributed by atoms with E-state index in [-0.39, 0.29) is 5.43 Å². The van der Waals surface area contributed by atoms with Crippen molar-refractivity contribution in [2.45, 2.75) is 0 Å². The number of methoxy groups -OCH3 is 1. The lowest BCUT2D eigenvalue weighted by molar-refractivity contribution is 0.409. The number of fused-ring (bicyclic) bond motifs is 1. The minimum atomic E-state index is -0.0659. The van der Waals surface area contributed by atoms with Gasteiger partial charge >= 0.3 is 0 Å². The monoisotopic (exact) mass is 219 g/mol. The largest absolute Gasteiger partial charge is 0.493 e. The molecule has 0 atom stereocenters. The number of hydrogen-bond acceptors (Lipinski definition) is 4. The molecule has 0 aliphatic heterocycles. The third kappa shape index (κ3) is 1.62. The predicted molar refractivity (Wildman–Crippen MR) is 63.4 cm³/mol. The summed E-state index contributed by atoms with van der Waals surface area (Å²) in [5.41, 5.74) is 0.421. The molecular weight excluding hydrogens is 206 g/mol. The second-order valence-corrected chi connectivity index (χ2v) is 3.68. The molecule has 84 valence electrons. The molecule has 1 aromatic heterocycles. The van der Waals surface area contributed by atoms with E-state index in [2.05, 4.69) is 0 Å². The zero-order valence-corrected chi connectivity index (χ0v) is 9.48. The molecule has 4 heteroatoms. The van der Waals surface area contributed by atoms with Crippen LogP contribution in [0, 0.1) is 0 Å². The van der Waals surface area contributed by atoms with E-state index in [0.717, 1.165) is 0 Å². The number of benzene rings is 1. The van der Waals surface area contributed by atoms with Crippen molar-refractivity contribution in [3.8, 4) is 5.75 Å². The zero-order chi connectivity index (χ0) is 11.7. The van der Waals surface area contributed by atoms with E-state index in [9.17, 15) is 4.79 Å². The molecule has 16 heavy (non-hydrogen) atoms. The topological polar surface area (TPSA) is 42.7 Å². The van der Waals surface area contributed by atoms with Crippen LogP contribution >= 0.6 is 0 Å². The molecule has 2 aromatic rings. The molecule has 0 bridgehead atoms. The molecule has 0 unspecified atom stereocenters. The van der Waals surface area contributed by atoms with E-state index >= 15 is 0 Å². The van der Waals surface area contributed by atoms with E-state index < -0.39 is 0 Å². The number of ether oxygens (including phenoxy) is 1. The van der Waals surface area contributed by atoms with Gasteiger partial charge in [0.05, 0.1) is 12.5 Å². The van der Waals surface area contributed by atoms with E-state index in [1.54, 1.807) is 30.2 Å². The SMILES string of the molecule is COc1cccc2c(=O)cc(N(C)C)oc12. The van der Waals surface area contributed by atoms with Crippen molar-refractivity contribution >= 4 is 16.9 Å². The van der Waals surface area contributed by atoms with Crippen LogP contribution in [0.5, 0.6) is 5.75 Å². The van der Waals surface area contributed by atoms with Gasteiger partial charge in [0, 0.05) is 20.2 Å². The molecule has 0 saturated heterocycles. The number of nitrogens with zero attached hydrogens (tertiary/aromatic N) is 1. The van der Waals surface area contributed by atoms with Crippen LogP contribution in [0.3, 0.4) is 0 Å². The first-order valence-corrected chi connectivity index (χ1v) is 4.91. The maximum absolute atomic E-state index is 11.8. The van der Waals surface area contributed by atoms with Crippen LogP contribution in [-0.4, -0.2) is 21.2 Å². The van der Waals surface area contributed by atoms with Crippen LogP contribution in [0.2, 0.25) is 0 Å². The molecule has 0 radical (unpaired) electrons. The van der Waals surface area contributed by atoms with Gasteiger partial charge < -0.3 is 14.1 Å². The minimum Gasteiger partial charge on any atom is -0.493 e. The Morgan fingerprint density at radius 3 is 2.69 bits per heavy atom. The molecule has 1 aromatic carbocycles. The second kappa shape index (κ2) is 3.89. The van der Waals surface area contributed by atoms with Gasteiger partial charge in [0.1, 0.15) is 0 Å². The van der Waals surface area contributed by atoms with Gasteiger partial charge in [-0.2, -0.15) is 0 Å². The van der Waals surface area contributed by atoms with E-state index in [0.29, 0.717) is 22.6 Å². The van der Waals surface area contributed by atoms with Crippen molar-refractivity contribution in [1.82, 2.24) is 0 Å². The Morgan fingerprint density at radius 1 is 1.31 bits per heavy atom. The molecular formula is C12H13NO3. The van der Waals surface area contributed by atoms with Crippen molar-refractivity contribution in [2.24, 2.45) is 0 Å². The first-order chi connectivity index (χ1) is 7.63. The molecule has 0 saturated carbocycles. The Hall–Kier alpha value is -1.97. The summed E-state index contributed by atoms with van der Waals surface area (Å²) < 4.78 is 10.8. The van der Waals surface area contributed by atoms with Crippen molar-refractivity contribution in [3.63, 3.8) is 0 Å². The Labute approximate surface area is 93.0 Å². The summed E-state index contributed by atoms with van der Waals surface area (Å²) in [7, 11) is 5.19. The summed E-state index contributed by atoms with van der Waals surface area (Å²) in [6.45, 7) is 0. The van der Waals surface area contributed by atoms with Crippen LogP contribution in [0.4, 0.5) is 5.88 Å². The maximum Gasteiger partial charge on any atom is 0.199 e. The Bertz CT molecular complexity index is 572. The van der Waals surface area contributed by atoms with Crippen molar-refractivity contribution < 1.29 is 9.15 Å². The lowest BCUT2D eigenvalue weighted by atomic mass is 10.2. The normalized spacial score (nSPS) is 10.4. The molecule has 0 aliphatic rings. The van der Waals surface area contributed by atoms with Crippen LogP contribution in [0.1, 0.15) is 0 Å². The highest BCUT2D eigenvalue weighted by Crippen LogP contribution is 2.26. The van der Waals surface area contributed by atoms with Gasteiger partial charge in [-0.05, 0) is 12.1 Å². The number of para-hydroxylation sites is 1. The van der Waals surface area contributed by atoms with E-state index in [1.165, 1.54) is 6.07 Å². The molecule has 0 fully saturated rings. The van der Waals surface area contributed by atoms with Crippen LogP contribution < -0.4 is 15.1 Å². The van der Waals surface area contributed by atoms with Crippen molar-refractivity contribution in [1.29, 1.82) is 0 Å². The average molecular weight is 219 g/mol. The molecule has 0 amide bonds. The third-order valence-corrected chi connectivity index (χ3v) is 2.37. The smallest absolute Gasteiger partial charge is 0.199 e. The standard InChI is InChI=1S/C12H13NO3/c1-13(2)11-7-9(14)8-5-4-6-10(15-3)12(8)16-11/h4-7H,1-3H3. The maximum atomic E-state index is 11.8. The first-order valence-electron chi connectivity index (χ1n) is 4.91. The fourth-order valence-corrected chi connectivity index (χ4v) is 1.52. The van der Waals surface area contributed by atoms with E-state index in [4.69, 9.17) is 9.15 Å². The Morgan fingerprint density at radius 2 is 2.06 bits per heavy atom. The van der Waals surface area contributed by atoms with Gasteiger partial charge in [-0.25, -0.2) is 0 Å². The highest BCUT2D eigenvalue weighted by Gasteiger charge is 2.09. The first kappa shape index (κ1) is 10.5. The lowest BCUT2D eigenvalue weighted by Gasteiger charge is -2.12. The number of hydrogen-bond donors (Lipinski definition) is 0. The molecule has 1 heterocycles. The zero-order valence-electron chi connectivity index (χ0n) is 9.48. The predicted octanol–water partition coefficient (Wildman–Crippen LogP) is 1.87. The summed E-state index contributed by atoms with van der Waals surface area (Å²) in [5, 5.41) is 0.532. The third-order valence-electron chi connectivity index (χ3n) is 2.37. The minimum absolute atomic E-state index is 0.0659. The summed E-state index contributed by atoms with van der Waals surface area (Å²) in [4.78, 5) is 13.6. The molecule has 4 nitrogen and oxygen atoms in total. The summed E-state index contributed by atoms with van der Waals surface area (Å²) in [6, 6.07) is 6.74. The second-order valence-electron chi connectivity index (χ2n) is 3.68. The van der Waals surface area contributed by atoms with Gasteiger partial charge in [0.15, 0.2) is 22.6 Å². The molecule has 0 aliphatic carbocycles. The average Bonchev–Trinajstić information content (AvgIpc) is 2.28. The summed E-state index contributed by atoms with van der Waals surface area (Å²) >= 11 is 0. The van der Waals surface area contributed by atoms with Crippen molar-refractivity contribution in [2.75, 3.05) is 26.1 Å². The lowest BCUT2D eigenvalue weighted by Crippen LogP contribution is -2.12. The van der Waals surface area contributed by atoms with Gasteiger partial charge in [-0.3, -0.25) is 4.79 Å². The fourth-order valence-electron chi connectivity index (χ4n) is 1.52. The van der Waals surface area contributed by atoms with Crippen LogP contribution in [-0.2, 0) is 0 Å². The van der Waals surface area contributed by atoms with Crippen molar-refractivity contribution in [3.05, 3.63) is 34.5 Å².